The van der Waals surface area contributed by atoms with Crippen LogP contribution in [-0.2, 0) is 22.6 Å². The summed E-state index contributed by atoms with van der Waals surface area (Å²) in [4.78, 5) is 41.6. The summed E-state index contributed by atoms with van der Waals surface area (Å²) in [5.74, 6) is -4.20. The molecule has 2 amide bonds. The lowest BCUT2D eigenvalue weighted by molar-refractivity contribution is -0.145. The van der Waals surface area contributed by atoms with Crippen LogP contribution in [0.5, 0.6) is 0 Å². The number of alkyl halides is 2. The molecule has 3 aliphatic heterocycles. The number of aromatic nitrogens is 5. The van der Waals surface area contributed by atoms with Crippen molar-refractivity contribution in [2.45, 2.75) is 89.1 Å². The van der Waals surface area contributed by atoms with Crippen LogP contribution in [0.25, 0.3) is 22.0 Å². The van der Waals surface area contributed by atoms with Gasteiger partial charge in [0.15, 0.2) is 17.0 Å². The van der Waals surface area contributed by atoms with Crippen LogP contribution in [0.15, 0.2) is 60.5 Å². The first-order valence-electron chi connectivity index (χ1n) is 21.4. The summed E-state index contributed by atoms with van der Waals surface area (Å²) in [5.41, 5.74) is 3.78. The van der Waals surface area contributed by atoms with Gasteiger partial charge in [-0.25, -0.2) is 23.1 Å². The predicted molar refractivity (Wildman–Crippen MR) is 223 cm³/mol. The maximum absolute atomic E-state index is 16.3. The molecule has 3 fully saturated rings. The standard InChI is InChI=1S/C44H52F3N9O2S/c45-38-34(16-13-32-26-56(51-39(32)38)41(42(58)50-43-48-18-25-59-43)40-36-10-7-19-55(36)29-49-40)30-11-14-33(15-12-30)53-21-23-54(24-22-53)37(57)27-52-20-17-35(44(46,47)28-52)31-8-5-3-1-2-4-6-9-31/h11-16,18,25-26,29,31,35,41H,1-10,17,19-24,27-28H2,(H,48,50,58). The second-order valence-corrected chi connectivity index (χ2v) is 17.7. The van der Waals surface area contributed by atoms with Crippen molar-refractivity contribution in [1.29, 1.82) is 0 Å². The topological polar surface area (TPSA) is 104 Å². The summed E-state index contributed by atoms with van der Waals surface area (Å²) in [5, 5.41) is 10.4. The number of nitrogens with zero attached hydrogens (tertiary/aromatic N) is 8. The molecule has 2 unspecified atom stereocenters. The van der Waals surface area contributed by atoms with Gasteiger partial charge < -0.3 is 14.4 Å². The van der Waals surface area contributed by atoms with Crippen molar-refractivity contribution in [3.63, 3.8) is 0 Å². The quantitative estimate of drug-likeness (QED) is 0.161. The number of fused-ring (bicyclic) bond motifs is 2. The second kappa shape index (κ2) is 17.1. The fourth-order valence-corrected chi connectivity index (χ4v) is 10.5. The molecule has 6 heterocycles. The number of carbonyl (C=O) groups excluding carboxylic acids is 2. The zero-order chi connectivity index (χ0) is 40.5. The number of benzene rings is 2. The molecule has 2 saturated heterocycles. The third-order valence-corrected chi connectivity index (χ3v) is 13.8. The highest BCUT2D eigenvalue weighted by Crippen LogP contribution is 2.42. The predicted octanol–water partition coefficient (Wildman–Crippen LogP) is 8.03. The number of imidazole rings is 1. The van der Waals surface area contributed by atoms with E-state index < -0.39 is 23.7 Å². The summed E-state index contributed by atoms with van der Waals surface area (Å²) >= 11 is 1.32. The number of halogens is 3. The molecular formula is C44H52F3N9O2S. The van der Waals surface area contributed by atoms with Gasteiger partial charge in [-0.15, -0.1) is 11.3 Å². The van der Waals surface area contributed by atoms with E-state index in [2.05, 4.69) is 29.9 Å². The molecule has 11 nitrogen and oxygen atoms in total. The van der Waals surface area contributed by atoms with Crippen molar-refractivity contribution in [2.75, 3.05) is 56.0 Å². The van der Waals surface area contributed by atoms with Gasteiger partial charge in [0.2, 0.25) is 5.91 Å². The highest BCUT2D eigenvalue weighted by Gasteiger charge is 2.48. The van der Waals surface area contributed by atoms with Gasteiger partial charge in [-0.3, -0.25) is 24.5 Å². The number of aryl methyl sites for hydroxylation is 1. The lowest BCUT2D eigenvalue weighted by Crippen LogP contribution is -2.55. The van der Waals surface area contributed by atoms with Gasteiger partial charge >= 0.3 is 0 Å². The van der Waals surface area contributed by atoms with Gasteiger partial charge in [0.25, 0.3) is 11.8 Å². The minimum absolute atomic E-state index is 0.0295. The number of rotatable bonds is 9. The molecule has 2 aromatic carbocycles. The number of hydrogen-bond acceptors (Lipinski definition) is 8. The minimum atomic E-state index is -2.78. The Hall–Kier alpha value is -4.76. The Labute approximate surface area is 346 Å². The Morgan fingerprint density at radius 1 is 0.881 bits per heavy atom. The van der Waals surface area contributed by atoms with Crippen LogP contribution in [0.2, 0.25) is 0 Å². The van der Waals surface area contributed by atoms with Crippen molar-refractivity contribution < 1.29 is 22.8 Å². The van der Waals surface area contributed by atoms with Crippen LogP contribution in [0, 0.1) is 17.7 Å². The Kier molecular flexibility index (Phi) is 11.5. The SMILES string of the molecule is O=C(Nc1nccs1)C(c1ncn2c1CCC2)n1cc2ccc(-c3ccc(N4CCN(C(=O)CN5CCC(C6CCCCCCCC6)C(F)(F)C5)CC4)cc3)c(F)c2n1. The first-order valence-corrected chi connectivity index (χ1v) is 22.2. The molecule has 15 heteroatoms. The van der Waals surface area contributed by atoms with E-state index in [4.69, 9.17) is 0 Å². The number of hydrogen-bond donors (Lipinski definition) is 1. The summed E-state index contributed by atoms with van der Waals surface area (Å²) < 4.78 is 51.0. The number of thiazole rings is 1. The first kappa shape index (κ1) is 39.7. The van der Waals surface area contributed by atoms with E-state index >= 15 is 13.2 Å². The maximum Gasteiger partial charge on any atom is 0.263 e. The molecule has 1 saturated carbocycles. The molecule has 5 aromatic rings. The van der Waals surface area contributed by atoms with Crippen molar-refractivity contribution in [2.24, 2.45) is 11.8 Å². The van der Waals surface area contributed by atoms with E-state index in [1.807, 2.05) is 30.3 Å². The highest BCUT2D eigenvalue weighted by molar-refractivity contribution is 7.13. The van der Waals surface area contributed by atoms with Gasteiger partial charge in [0, 0.05) is 78.7 Å². The van der Waals surface area contributed by atoms with E-state index in [0.29, 0.717) is 66.5 Å². The largest absolute Gasteiger partial charge is 0.368 e. The number of likely N-dealkylation sites (tertiary alicyclic amines) is 1. The number of piperazine rings is 1. The van der Waals surface area contributed by atoms with Gasteiger partial charge in [0.1, 0.15) is 5.52 Å². The van der Waals surface area contributed by atoms with Crippen LogP contribution in [-0.4, -0.2) is 97.7 Å². The average Bonchev–Trinajstić information content (AvgIpc) is 4.06. The number of nitrogens with one attached hydrogen (secondary N) is 1. The van der Waals surface area contributed by atoms with Gasteiger partial charge in [-0.05, 0) is 62.3 Å². The van der Waals surface area contributed by atoms with Gasteiger partial charge in [-0.2, -0.15) is 5.10 Å². The molecular weight excluding hydrogens is 776 g/mol. The van der Waals surface area contributed by atoms with Crippen molar-refractivity contribution in [1.82, 2.24) is 34.1 Å². The number of anilines is 2. The van der Waals surface area contributed by atoms with Gasteiger partial charge in [0.05, 0.1) is 25.1 Å². The van der Waals surface area contributed by atoms with Crippen LogP contribution in [0.3, 0.4) is 0 Å². The molecule has 1 aliphatic carbocycles. The Bertz CT molecular complexity index is 2240. The first-order chi connectivity index (χ1) is 28.7. The molecule has 9 rings (SSSR count). The van der Waals surface area contributed by atoms with Crippen LogP contribution < -0.4 is 10.2 Å². The number of amides is 2. The molecule has 0 bridgehead atoms. The smallest absolute Gasteiger partial charge is 0.263 e. The van der Waals surface area contributed by atoms with E-state index in [1.54, 1.807) is 40.0 Å². The third kappa shape index (κ3) is 8.37. The van der Waals surface area contributed by atoms with E-state index in [-0.39, 0.29) is 36.3 Å². The summed E-state index contributed by atoms with van der Waals surface area (Å²) in [6.45, 7) is 3.31. The fraction of sp³-hybridized carbons (Fsp3) is 0.523. The Balaban J connectivity index is 0.828. The van der Waals surface area contributed by atoms with Crippen LogP contribution >= 0.6 is 11.3 Å². The van der Waals surface area contributed by atoms with Crippen molar-refractivity contribution in [3.05, 3.63) is 77.7 Å². The summed E-state index contributed by atoms with van der Waals surface area (Å²) in [6, 6.07) is 10.3. The average molecular weight is 828 g/mol. The lowest BCUT2D eigenvalue weighted by atomic mass is 9.76. The Morgan fingerprint density at radius 2 is 1.64 bits per heavy atom. The monoisotopic (exact) mass is 827 g/mol. The van der Waals surface area contributed by atoms with E-state index in [0.717, 1.165) is 69.3 Å². The van der Waals surface area contributed by atoms with Crippen molar-refractivity contribution in [3.8, 4) is 11.1 Å². The third-order valence-electron chi connectivity index (χ3n) is 13.1. The molecule has 4 aliphatic rings. The molecule has 0 spiro atoms. The fourth-order valence-electron chi connectivity index (χ4n) is 9.96. The summed E-state index contributed by atoms with van der Waals surface area (Å²) in [7, 11) is 0. The molecule has 0 radical (unpaired) electrons. The van der Waals surface area contributed by atoms with E-state index in [9.17, 15) is 9.59 Å². The minimum Gasteiger partial charge on any atom is -0.368 e. The highest BCUT2D eigenvalue weighted by atomic mass is 32.1. The summed E-state index contributed by atoms with van der Waals surface area (Å²) in [6.07, 6.45) is 15.9. The second-order valence-electron chi connectivity index (χ2n) is 16.8. The van der Waals surface area contributed by atoms with E-state index in [1.165, 1.54) is 28.9 Å². The molecule has 312 valence electrons. The normalized spacial score (nSPS) is 21.2. The lowest BCUT2D eigenvalue weighted by Gasteiger charge is -2.43. The van der Waals surface area contributed by atoms with Crippen LogP contribution in [0.1, 0.15) is 81.6 Å². The zero-order valence-corrected chi connectivity index (χ0v) is 34.2. The molecule has 1 N–H and O–H groups in total. The zero-order valence-electron chi connectivity index (χ0n) is 33.4. The molecule has 59 heavy (non-hydrogen) atoms. The number of carbonyl (C=O) groups is 2. The Morgan fingerprint density at radius 3 is 2.37 bits per heavy atom. The van der Waals surface area contributed by atoms with Crippen molar-refractivity contribution >= 4 is 44.9 Å². The van der Waals surface area contributed by atoms with Gasteiger partial charge in [-0.1, -0.05) is 62.8 Å². The number of piperidine rings is 1. The molecule has 2 atom stereocenters. The van der Waals surface area contributed by atoms with Crippen LogP contribution in [0.4, 0.5) is 24.0 Å². The molecule has 3 aromatic heterocycles. The maximum atomic E-state index is 16.3.